The Balaban J connectivity index is 2.41. The lowest BCUT2D eigenvalue weighted by atomic mass is 9.95. The van der Waals surface area contributed by atoms with E-state index in [2.05, 4.69) is 20.8 Å². The van der Waals surface area contributed by atoms with E-state index >= 15 is 0 Å². The van der Waals surface area contributed by atoms with Gasteiger partial charge in [0.05, 0.1) is 0 Å². The predicted octanol–water partition coefficient (Wildman–Crippen LogP) is 2.42. The molecule has 116 valence electrons. The number of hydrogen-bond donors (Lipinski definition) is 1. The molecule has 1 aliphatic heterocycles. The molecule has 1 aromatic heterocycles. The van der Waals surface area contributed by atoms with Crippen molar-refractivity contribution in [2.45, 2.75) is 45.3 Å². The van der Waals surface area contributed by atoms with E-state index in [1.54, 1.807) is 16.2 Å². The van der Waals surface area contributed by atoms with Gasteiger partial charge in [-0.05, 0) is 24.5 Å². The van der Waals surface area contributed by atoms with E-state index in [-0.39, 0.29) is 17.9 Å². The van der Waals surface area contributed by atoms with Crippen LogP contribution in [-0.2, 0) is 19.7 Å². The van der Waals surface area contributed by atoms with Gasteiger partial charge in [-0.15, -0.1) is 11.3 Å². The summed E-state index contributed by atoms with van der Waals surface area (Å²) in [7, 11) is 0. The molecule has 1 amide bonds. The zero-order chi connectivity index (χ0) is 15.8. The van der Waals surface area contributed by atoms with E-state index in [0.29, 0.717) is 6.54 Å². The summed E-state index contributed by atoms with van der Waals surface area (Å²) in [5, 5.41) is 9.38. The zero-order valence-corrected chi connectivity index (χ0v) is 13.6. The average Bonchev–Trinajstić information content (AvgIpc) is 2.86. The molecule has 0 radical (unpaired) electrons. The first-order valence-electron chi connectivity index (χ1n) is 6.99. The predicted molar refractivity (Wildman–Crippen MR) is 80.5 cm³/mol. The largest absolute Gasteiger partial charge is 0.479 e. The van der Waals surface area contributed by atoms with Crippen molar-refractivity contribution >= 4 is 23.2 Å². The first-order valence-corrected chi connectivity index (χ1v) is 7.81. The molecule has 2 unspecified atom stereocenters. The van der Waals surface area contributed by atoms with Crippen molar-refractivity contribution in [3.63, 3.8) is 0 Å². The standard InChI is InChI=1S/C15H21NO4S/c1-5-16-11(17)8-20-13(14(18)19)12(16)9-6-7-10(21-9)15(2,3)4/h6-7,12-13H,5,8H2,1-4H3,(H,18,19). The minimum Gasteiger partial charge on any atom is -0.479 e. The second kappa shape index (κ2) is 5.77. The smallest absolute Gasteiger partial charge is 0.335 e. The molecule has 0 bridgehead atoms. The number of carbonyl (C=O) groups is 2. The summed E-state index contributed by atoms with van der Waals surface area (Å²) in [6.45, 7) is 8.48. The molecule has 2 atom stereocenters. The highest BCUT2D eigenvalue weighted by Gasteiger charge is 2.42. The summed E-state index contributed by atoms with van der Waals surface area (Å²) in [5.74, 6) is -1.19. The van der Waals surface area contributed by atoms with Crippen molar-refractivity contribution in [3.8, 4) is 0 Å². The van der Waals surface area contributed by atoms with Gasteiger partial charge in [-0.2, -0.15) is 0 Å². The van der Waals surface area contributed by atoms with E-state index in [1.165, 1.54) is 0 Å². The average molecular weight is 311 g/mol. The van der Waals surface area contributed by atoms with Crippen molar-refractivity contribution in [2.75, 3.05) is 13.2 Å². The number of morpholine rings is 1. The van der Waals surface area contributed by atoms with Crippen LogP contribution in [0.2, 0.25) is 0 Å². The second-order valence-corrected chi connectivity index (χ2v) is 7.26. The molecule has 5 nitrogen and oxygen atoms in total. The van der Waals surface area contributed by atoms with Gasteiger partial charge in [-0.1, -0.05) is 20.8 Å². The Morgan fingerprint density at radius 1 is 1.48 bits per heavy atom. The topological polar surface area (TPSA) is 66.8 Å². The minimum atomic E-state index is -1.03. The molecule has 21 heavy (non-hydrogen) atoms. The molecular formula is C15H21NO4S. The van der Waals surface area contributed by atoms with Crippen molar-refractivity contribution in [2.24, 2.45) is 0 Å². The highest BCUT2D eigenvalue weighted by molar-refractivity contribution is 7.12. The number of likely N-dealkylation sites (N-methyl/N-ethyl adjacent to an activating group) is 1. The van der Waals surface area contributed by atoms with Crippen LogP contribution in [0, 0.1) is 0 Å². The summed E-state index contributed by atoms with van der Waals surface area (Å²) < 4.78 is 5.26. The number of hydrogen-bond acceptors (Lipinski definition) is 4. The monoisotopic (exact) mass is 311 g/mol. The highest BCUT2D eigenvalue weighted by atomic mass is 32.1. The van der Waals surface area contributed by atoms with Crippen LogP contribution in [0.3, 0.4) is 0 Å². The Labute approximate surface area is 128 Å². The van der Waals surface area contributed by atoms with Crippen molar-refractivity contribution in [1.29, 1.82) is 0 Å². The number of rotatable bonds is 3. The van der Waals surface area contributed by atoms with Crippen molar-refractivity contribution < 1.29 is 19.4 Å². The number of carbonyl (C=O) groups excluding carboxylic acids is 1. The van der Waals surface area contributed by atoms with Gasteiger partial charge in [0.25, 0.3) is 0 Å². The minimum absolute atomic E-state index is 0.00177. The van der Waals surface area contributed by atoms with Gasteiger partial charge in [0.15, 0.2) is 6.10 Å². The molecule has 1 aliphatic rings. The van der Waals surface area contributed by atoms with Crippen LogP contribution in [-0.4, -0.2) is 41.1 Å². The highest BCUT2D eigenvalue weighted by Crippen LogP contribution is 2.38. The van der Waals surface area contributed by atoms with E-state index in [4.69, 9.17) is 4.74 Å². The van der Waals surface area contributed by atoms with Crippen LogP contribution in [0.25, 0.3) is 0 Å². The normalized spacial score (nSPS) is 23.4. The van der Waals surface area contributed by atoms with Crippen molar-refractivity contribution in [3.05, 3.63) is 21.9 Å². The molecule has 0 aromatic carbocycles. The number of amides is 1. The maximum absolute atomic E-state index is 12.0. The third kappa shape index (κ3) is 3.11. The Hall–Kier alpha value is -1.40. The number of aliphatic carboxylic acids is 1. The quantitative estimate of drug-likeness (QED) is 0.931. The summed E-state index contributed by atoms with van der Waals surface area (Å²) >= 11 is 1.55. The van der Waals surface area contributed by atoms with Gasteiger partial charge < -0.3 is 14.7 Å². The van der Waals surface area contributed by atoms with E-state index in [1.807, 2.05) is 19.1 Å². The summed E-state index contributed by atoms with van der Waals surface area (Å²) in [6, 6.07) is 3.37. The number of nitrogens with zero attached hydrogens (tertiary/aromatic N) is 1. The van der Waals surface area contributed by atoms with Crippen LogP contribution in [0.15, 0.2) is 12.1 Å². The molecule has 1 N–H and O–H groups in total. The second-order valence-electron chi connectivity index (χ2n) is 6.15. The number of carboxylic acids is 1. The van der Waals surface area contributed by atoms with Crippen LogP contribution in [0.1, 0.15) is 43.5 Å². The van der Waals surface area contributed by atoms with Crippen LogP contribution < -0.4 is 0 Å². The third-order valence-electron chi connectivity index (χ3n) is 3.57. The molecule has 2 heterocycles. The summed E-state index contributed by atoms with van der Waals surface area (Å²) in [5.41, 5.74) is -0.00177. The molecule has 0 saturated carbocycles. The fourth-order valence-corrected chi connectivity index (χ4v) is 3.65. The Morgan fingerprint density at radius 2 is 2.14 bits per heavy atom. The molecule has 2 rings (SSSR count). The Bertz CT molecular complexity index is 544. The lowest BCUT2D eigenvalue weighted by Gasteiger charge is -2.38. The zero-order valence-electron chi connectivity index (χ0n) is 12.8. The molecule has 0 spiro atoms. The molecule has 0 aliphatic carbocycles. The van der Waals surface area contributed by atoms with Crippen LogP contribution >= 0.6 is 11.3 Å². The Morgan fingerprint density at radius 3 is 2.62 bits per heavy atom. The molecule has 1 saturated heterocycles. The first kappa shape index (κ1) is 16.0. The van der Waals surface area contributed by atoms with Gasteiger partial charge in [-0.3, -0.25) is 4.79 Å². The molecule has 1 aromatic rings. The van der Waals surface area contributed by atoms with Gasteiger partial charge in [0.2, 0.25) is 5.91 Å². The molecule has 1 fully saturated rings. The number of carboxylic acid groups (broad SMARTS) is 1. The van der Waals surface area contributed by atoms with Gasteiger partial charge in [0.1, 0.15) is 12.6 Å². The van der Waals surface area contributed by atoms with Gasteiger partial charge >= 0.3 is 5.97 Å². The number of ether oxygens (including phenoxy) is 1. The molecule has 6 heteroatoms. The summed E-state index contributed by atoms with van der Waals surface area (Å²) in [6.07, 6.45) is -1.01. The lowest BCUT2D eigenvalue weighted by Crippen LogP contribution is -2.51. The fourth-order valence-electron chi connectivity index (χ4n) is 2.45. The van der Waals surface area contributed by atoms with Gasteiger partial charge in [-0.25, -0.2) is 4.79 Å². The van der Waals surface area contributed by atoms with E-state index in [9.17, 15) is 14.7 Å². The van der Waals surface area contributed by atoms with E-state index in [0.717, 1.165) is 9.75 Å². The first-order chi connectivity index (χ1) is 9.75. The van der Waals surface area contributed by atoms with Gasteiger partial charge in [0, 0.05) is 16.3 Å². The Kier molecular flexibility index (Phi) is 4.39. The van der Waals surface area contributed by atoms with Crippen molar-refractivity contribution in [1.82, 2.24) is 4.90 Å². The fraction of sp³-hybridized carbons (Fsp3) is 0.600. The summed E-state index contributed by atoms with van der Waals surface area (Å²) in [4.78, 5) is 27.1. The lowest BCUT2D eigenvalue weighted by molar-refractivity contribution is -0.172. The number of thiophene rings is 1. The maximum Gasteiger partial charge on any atom is 0.335 e. The van der Waals surface area contributed by atoms with Crippen LogP contribution in [0.5, 0.6) is 0 Å². The van der Waals surface area contributed by atoms with Crippen LogP contribution in [0.4, 0.5) is 0 Å². The maximum atomic E-state index is 12.0. The van der Waals surface area contributed by atoms with E-state index < -0.39 is 18.1 Å². The SMILES string of the molecule is CCN1C(=O)COC(C(=O)O)C1c1ccc(C(C)(C)C)s1. The third-order valence-corrected chi connectivity index (χ3v) is 5.15. The molecular weight excluding hydrogens is 290 g/mol.